The van der Waals surface area contributed by atoms with Gasteiger partial charge in [-0.25, -0.2) is 0 Å². The first-order chi connectivity index (χ1) is 16.1. The molecular formula is C26H31NO7. The van der Waals surface area contributed by atoms with Gasteiger partial charge < -0.3 is 19.0 Å². The fourth-order valence-corrected chi connectivity index (χ4v) is 8.02. The molecule has 1 aromatic heterocycles. The minimum Gasteiger partial charge on any atom is -0.472 e. The smallest absolute Gasteiger partial charge is 0.305 e. The van der Waals surface area contributed by atoms with E-state index in [-0.39, 0.29) is 36.1 Å². The zero-order valence-electron chi connectivity index (χ0n) is 20.1. The average molecular weight is 470 g/mol. The summed E-state index contributed by atoms with van der Waals surface area (Å²) >= 11 is 0. The SMILES string of the molecule is COC(=O)C[C@@H]1[C@@]2(C)C(=O)C=C[C@@]3(C)C(O)O[C@H](C32)N2OC3CC(c4ccoc4)C(C)=C3[C@@]12C. The Morgan fingerprint density at radius 1 is 1.32 bits per heavy atom. The molecule has 3 saturated heterocycles. The number of rotatable bonds is 3. The van der Waals surface area contributed by atoms with Crippen molar-refractivity contribution < 1.29 is 33.4 Å². The fraction of sp³-hybridized carbons (Fsp3) is 0.615. The summed E-state index contributed by atoms with van der Waals surface area (Å²) in [5.41, 5.74) is 0.773. The lowest BCUT2D eigenvalue weighted by Crippen LogP contribution is -2.70. The van der Waals surface area contributed by atoms with Crippen LogP contribution in [0, 0.1) is 22.7 Å². The predicted octanol–water partition coefficient (Wildman–Crippen LogP) is 3.09. The highest BCUT2D eigenvalue weighted by molar-refractivity contribution is 5.97. The molecule has 8 nitrogen and oxygen atoms in total. The van der Waals surface area contributed by atoms with E-state index < -0.39 is 34.8 Å². The molecule has 2 aliphatic carbocycles. The number of carbonyl (C=O) groups is 2. The molecule has 0 amide bonds. The van der Waals surface area contributed by atoms with Crippen LogP contribution in [0.4, 0.5) is 0 Å². The highest BCUT2D eigenvalue weighted by atomic mass is 16.7. The molecule has 5 aliphatic rings. The number of furan rings is 1. The second kappa shape index (κ2) is 6.91. The van der Waals surface area contributed by atoms with Crippen LogP contribution in [0.2, 0.25) is 0 Å². The molecule has 8 heteroatoms. The summed E-state index contributed by atoms with van der Waals surface area (Å²) in [4.78, 5) is 33.1. The minimum atomic E-state index is -1.09. The molecule has 0 bridgehead atoms. The number of allylic oxidation sites excluding steroid dienone is 2. The number of hydrogen-bond donors (Lipinski definition) is 1. The highest BCUT2D eigenvalue weighted by Gasteiger charge is 2.76. The van der Waals surface area contributed by atoms with Gasteiger partial charge in [-0.15, -0.1) is 5.06 Å². The molecule has 9 atom stereocenters. The van der Waals surface area contributed by atoms with Crippen LogP contribution in [-0.2, 0) is 23.9 Å². The number of aliphatic hydroxyl groups excluding tert-OH is 1. The van der Waals surface area contributed by atoms with Crippen LogP contribution < -0.4 is 0 Å². The van der Waals surface area contributed by atoms with Crippen molar-refractivity contribution in [1.82, 2.24) is 5.06 Å². The lowest BCUT2D eigenvalue weighted by molar-refractivity contribution is -0.325. The largest absolute Gasteiger partial charge is 0.472 e. The number of nitrogens with zero attached hydrogens (tertiary/aromatic N) is 1. The van der Waals surface area contributed by atoms with Crippen LogP contribution in [0.25, 0.3) is 0 Å². The summed E-state index contributed by atoms with van der Waals surface area (Å²) in [6, 6.07) is 1.97. The van der Waals surface area contributed by atoms with E-state index in [9.17, 15) is 14.7 Å². The van der Waals surface area contributed by atoms with Crippen molar-refractivity contribution in [3.8, 4) is 0 Å². The van der Waals surface area contributed by atoms with Crippen molar-refractivity contribution in [2.24, 2.45) is 22.7 Å². The quantitative estimate of drug-likeness (QED) is 0.533. The van der Waals surface area contributed by atoms with Gasteiger partial charge in [0.2, 0.25) is 0 Å². The number of hydroxylamine groups is 2. The van der Waals surface area contributed by atoms with E-state index in [0.29, 0.717) is 0 Å². The monoisotopic (exact) mass is 469 g/mol. The van der Waals surface area contributed by atoms with E-state index in [0.717, 1.165) is 23.1 Å². The van der Waals surface area contributed by atoms with Crippen molar-refractivity contribution in [1.29, 1.82) is 0 Å². The first-order valence-corrected chi connectivity index (χ1v) is 11.9. The minimum absolute atomic E-state index is 0.0538. The van der Waals surface area contributed by atoms with Crippen LogP contribution >= 0.6 is 0 Å². The molecule has 34 heavy (non-hydrogen) atoms. The summed E-state index contributed by atoms with van der Waals surface area (Å²) in [7, 11) is 1.37. The Bertz CT molecular complexity index is 1120. The Kier molecular flexibility index (Phi) is 4.51. The normalized spacial score (nSPS) is 47.1. The van der Waals surface area contributed by atoms with Gasteiger partial charge in [0, 0.05) is 28.6 Å². The molecule has 1 aromatic rings. The van der Waals surface area contributed by atoms with Crippen LogP contribution in [0.5, 0.6) is 0 Å². The summed E-state index contributed by atoms with van der Waals surface area (Å²) in [5.74, 6) is -1.14. The molecule has 0 aromatic carbocycles. The Morgan fingerprint density at radius 3 is 2.76 bits per heavy atom. The molecule has 6 rings (SSSR count). The standard InChI is InChI=1S/C26H31NO7/c1-13-15(14-7-9-32-12-14)10-16-20(13)26(4)17(11-19(29)31-5)25(3)18(28)6-8-24(2)21(25)22(27(26)34-16)33-23(24)30/h6-9,12,15-17,21-23,30H,10-11H2,1-5H3/t15?,16?,17-,21?,22-,23?,24-,25+,26-/m1/s1. The van der Waals surface area contributed by atoms with Gasteiger partial charge in [-0.2, -0.15) is 0 Å². The molecule has 182 valence electrons. The Hall–Kier alpha value is -2.26. The third kappa shape index (κ3) is 2.42. The number of hydrogen-bond acceptors (Lipinski definition) is 8. The zero-order chi connectivity index (χ0) is 24.2. The van der Waals surface area contributed by atoms with Gasteiger partial charge in [0.05, 0.1) is 31.6 Å². The molecule has 0 saturated carbocycles. The maximum Gasteiger partial charge on any atom is 0.305 e. The molecule has 4 heterocycles. The number of carbonyl (C=O) groups excluding carboxylic acids is 2. The van der Waals surface area contributed by atoms with Crippen LogP contribution in [0.1, 0.15) is 52.0 Å². The molecular weight excluding hydrogens is 438 g/mol. The van der Waals surface area contributed by atoms with Gasteiger partial charge in [-0.3, -0.25) is 14.4 Å². The summed E-state index contributed by atoms with van der Waals surface area (Å²) in [6.07, 6.45) is 5.61. The Labute approximate surface area is 198 Å². The van der Waals surface area contributed by atoms with E-state index >= 15 is 0 Å². The van der Waals surface area contributed by atoms with Gasteiger partial charge in [0.1, 0.15) is 12.3 Å². The maximum absolute atomic E-state index is 13.7. The Morgan fingerprint density at radius 2 is 2.09 bits per heavy atom. The lowest BCUT2D eigenvalue weighted by atomic mass is 9.47. The van der Waals surface area contributed by atoms with E-state index in [4.69, 9.17) is 18.7 Å². The topological polar surface area (TPSA) is 98.4 Å². The van der Waals surface area contributed by atoms with E-state index in [1.54, 1.807) is 24.7 Å². The number of esters is 1. The number of fused-ring (bicyclic) bond motifs is 4. The van der Waals surface area contributed by atoms with Gasteiger partial charge in [0.15, 0.2) is 12.1 Å². The molecule has 0 spiro atoms. The molecule has 0 radical (unpaired) electrons. The van der Waals surface area contributed by atoms with E-state index in [1.807, 2.05) is 25.0 Å². The number of methoxy groups -OCH3 is 1. The van der Waals surface area contributed by atoms with E-state index in [2.05, 4.69) is 13.8 Å². The van der Waals surface area contributed by atoms with Gasteiger partial charge in [-0.1, -0.05) is 25.5 Å². The maximum atomic E-state index is 13.7. The van der Waals surface area contributed by atoms with Crippen molar-refractivity contribution in [3.63, 3.8) is 0 Å². The molecule has 3 fully saturated rings. The predicted molar refractivity (Wildman–Crippen MR) is 119 cm³/mol. The molecule has 3 aliphatic heterocycles. The first-order valence-electron chi connectivity index (χ1n) is 11.9. The zero-order valence-corrected chi connectivity index (χ0v) is 20.1. The second-order valence-electron chi connectivity index (χ2n) is 11.0. The number of piperidine rings is 1. The second-order valence-corrected chi connectivity index (χ2v) is 11.0. The average Bonchev–Trinajstić information content (AvgIpc) is 3.54. The first kappa shape index (κ1) is 22.2. The van der Waals surface area contributed by atoms with Crippen LogP contribution in [-0.4, -0.2) is 53.2 Å². The number of ketones is 1. The summed E-state index contributed by atoms with van der Waals surface area (Å²) < 4.78 is 16.6. The van der Waals surface area contributed by atoms with Crippen LogP contribution in [0.15, 0.2) is 46.3 Å². The summed E-state index contributed by atoms with van der Waals surface area (Å²) in [5, 5.41) is 12.8. The van der Waals surface area contributed by atoms with Crippen molar-refractivity contribution >= 4 is 11.8 Å². The fourth-order valence-electron chi connectivity index (χ4n) is 8.02. The van der Waals surface area contributed by atoms with Gasteiger partial charge >= 0.3 is 5.97 Å². The third-order valence-corrected chi connectivity index (χ3v) is 9.67. The number of ether oxygens (including phenoxy) is 2. The molecule has 4 unspecified atom stereocenters. The van der Waals surface area contributed by atoms with Gasteiger partial charge in [-0.05, 0) is 43.5 Å². The van der Waals surface area contributed by atoms with Crippen molar-refractivity contribution in [2.45, 2.75) is 70.6 Å². The molecule has 1 N–H and O–H groups in total. The van der Waals surface area contributed by atoms with Crippen molar-refractivity contribution in [2.75, 3.05) is 7.11 Å². The van der Waals surface area contributed by atoms with E-state index in [1.165, 1.54) is 7.11 Å². The number of aliphatic hydroxyl groups is 1. The highest BCUT2D eigenvalue weighted by Crippen LogP contribution is 2.69. The Balaban J connectivity index is 1.57. The van der Waals surface area contributed by atoms with Crippen molar-refractivity contribution in [3.05, 3.63) is 47.5 Å². The third-order valence-electron chi connectivity index (χ3n) is 9.67. The van der Waals surface area contributed by atoms with Crippen LogP contribution in [0.3, 0.4) is 0 Å². The van der Waals surface area contributed by atoms with Gasteiger partial charge in [0.25, 0.3) is 0 Å². The lowest BCUT2D eigenvalue weighted by Gasteiger charge is -2.60. The summed E-state index contributed by atoms with van der Waals surface area (Å²) in [6.45, 7) is 8.00.